The van der Waals surface area contributed by atoms with E-state index in [1.807, 2.05) is 31.2 Å². The van der Waals surface area contributed by atoms with E-state index in [-0.39, 0.29) is 5.91 Å². The summed E-state index contributed by atoms with van der Waals surface area (Å²) < 4.78 is 5.63. The summed E-state index contributed by atoms with van der Waals surface area (Å²) in [6.45, 7) is 8.25. The molecule has 0 unspecified atom stereocenters. The highest BCUT2D eigenvalue weighted by molar-refractivity contribution is 5.93. The summed E-state index contributed by atoms with van der Waals surface area (Å²) in [7, 11) is 0. The first-order valence-corrected chi connectivity index (χ1v) is 7.90. The number of benzene rings is 1. The van der Waals surface area contributed by atoms with Crippen LogP contribution in [0.3, 0.4) is 0 Å². The number of nitrogens with zero attached hydrogens (tertiary/aromatic N) is 1. The Balaban J connectivity index is 1.68. The average molecular weight is 325 g/mol. The van der Waals surface area contributed by atoms with E-state index < -0.39 is 0 Å². The van der Waals surface area contributed by atoms with E-state index in [1.165, 1.54) is 0 Å². The minimum Gasteiger partial charge on any atom is -0.489 e. The van der Waals surface area contributed by atoms with Crippen molar-refractivity contribution in [2.45, 2.75) is 13.5 Å². The van der Waals surface area contributed by atoms with Crippen LogP contribution in [0.1, 0.15) is 22.8 Å². The van der Waals surface area contributed by atoms with Crippen molar-refractivity contribution in [3.05, 3.63) is 72.1 Å². The number of carbonyl (C=O) groups excluding carboxylic acids is 1. The molecular weight excluding hydrogens is 302 g/mol. The van der Waals surface area contributed by atoms with E-state index in [1.54, 1.807) is 24.5 Å². The maximum atomic E-state index is 11.9. The maximum Gasteiger partial charge on any atom is 0.251 e. The third kappa shape index (κ3) is 6.22. The zero-order valence-corrected chi connectivity index (χ0v) is 13.9. The molecule has 0 bridgehead atoms. The highest BCUT2D eigenvalue weighted by Gasteiger charge is 2.03. The lowest BCUT2D eigenvalue weighted by Crippen LogP contribution is -2.31. The van der Waals surface area contributed by atoms with E-state index in [0.717, 1.165) is 23.4 Å². The Morgan fingerprint density at radius 3 is 2.75 bits per heavy atom. The van der Waals surface area contributed by atoms with Crippen LogP contribution >= 0.6 is 0 Å². The summed E-state index contributed by atoms with van der Waals surface area (Å²) in [5.74, 6) is 0.748. The molecule has 126 valence electrons. The number of ether oxygens (including phenoxy) is 1. The lowest BCUT2D eigenvalue weighted by atomic mass is 10.2. The predicted octanol–water partition coefficient (Wildman–Crippen LogP) is 2.56. The van der Waals surface area contributed by atoms with Gasteiger partial charge in [-0.05, 0) is 42.3 Å². The molecule has 0 aliphatic carbocycles. The van der Waals surface area contributed by atoms with Gasteiger partial charge in [0.15, 0.2) is 0 Å². The molecule has 0 saturated heterocycles. The van der Waals surface area contributed by atoms with Crippen LogP contribution in [0.5, 0.6) is 5.75 Å². The number of nitrogens with one attached hydrogen (secondary N) is 2. The zero-order chi connectivity index (χ0) is 17.2. The second-order valence-corrected chi connectivity index (χ2v) is 5.56. The molecule has 0 saturated carbocycles. The van der Waals surface area contributed by atoms with Gasteiger partial charge in [-0.25, -0.2) is 0 Å². The Bertz CT molecular complexity index is 671. The second kappa shape index (κ2) is 9.47. The molecule has 0 spiro atoms. The molecule has 0 fully saturated rings. The molecule has 5 nitrogen and oxygen atoms in total. The van der Waals surface area contributed by atoms with E-state index >= 15 is 0 Å². The second-order valence-electron chi connectivity index (χ2n) is 5.56. The molecule has 1 aromatic carbocycles. The van der Waals surface area contributed by atoms with Gasteiger partial charge in [0.05, 0.1) is 0 Å². The van der Waals surface area contributed by atoms with Crippen LogP contribution in [0.25, 0.3) is 0 Å². The first-order valence-electron chi connectivity index (χ1n) is 7.90. The Hall–Kier alpha value is -2.66. The summed E-state index contributed by atoms with van der Waals surface area (Å²) in [5.41, 5.74) is 2.74. The largest absolute Gasteiger partial charge is 0.489 e. The first kappa shape index (κ1) is 17.7. The van der Waals surface area contributed by atoms with Crippen molar-refractivity contribution in [1.82, 2.24) is 15.6 Å². The van der Waals surface area contributed by atoms with E-state index in [2.05, 4.69) is 22.2 Å². The summed E-state index contributed by atoms with van der Waals surface area (Å²) in [6.07, 6.45) is 3.21. The fourth-order valence-electron chi connectivity index (χ4n) is 2.05. The van der Waals surface area contributed by atoms with Gasteiger partial charge in [0, 0.05) is 37.6 Å². The van der Waals surface area contributed by atoms with Crippen LogP contribution in [-0.2, 0) is 6.54 Å². The van der Waals surface area contributed by atoms with Gasteiger partial charge in [0.1, 0.15) is 12.4 Å². The molecule has 1 amide bonds. The van der Waals surface area contributed by atoms with Crippen molar-refractivity contribution < 1.29 is 9.53 Å². The Labute approximate surface area is 142 Å². The Morgan fingerprint density at radius 2 is 2.00 bits per heavy atom. The quantitative estimate of drug-likeness (QED) is 0.549. The number of hydrogen-bond donors (Lipinski definition) is 2. The first-order chi connectivity index (χ1) is 11.6. The van der Waals surface area contributed by atoms with E-state index in [9.17, 15) is 4.79 Å². The molecule has 2 N–H and O–H groups in total. The van der Waals surface area contributed by atoms with Crippen molar-refractivity contribution in [2.75, 3.05) is 19.7 Å². The lowest BCUT2D eigenvalue weighted by molar-refractivity contribution is 0.0954. The maximum absolute atomic E-state index is 11.9. The van der Waals surface area contributed by atoms with Gasteiger partial charge >= 0.3 is 0 Å². The van der Waals surface area contributed by atoms with Gasteiger partial charge in [-0.2, -0.15) is 0 Å². The standard InChI is InChI=1S/C19H23N3O2/c1-15(2)14-24-18-5-3-4-16(12-18)13-21-10-11-22-19(23)17-6-8-20-9-7-17/h3-9,12,21H,1,10-11,13-14H2,2H3,(H,22,23). The van der Waals surface area contributed by atoms with Crippen molar-refractivity contribution in [3.63, 3.8) is 0 Å². The monoisotopic (exact) mass is 325 g/mol. The molecule has 2 rings (SSSR count). The van der Waals surface area contributed by atoms with Crippen LogP contribution in [0.4, 0.5) is 0 Å². The van der Waals surface area contributed by atoms with Crippen molar-refractivity contribution in [1.29, 1.82) is 0 Å². The van der Waals surface area contributed by atoms with Crippen molar-refractivity contribution in [3.8, 4) is 5.75 Å². The summed E-state index contributed by atoms with van der Waals surface area (Å²) in [6, 6.07) is 11.3. The normalized spacial score (nSPS) is 10.2. The molecule has 5 heteroatoms. The molecule has 1 aromatic heterocycles. The summed E-state index contributed by atoms with van der Waals surface area (Å²) >= 11 is 0. The molecule has 0 radical (unpaired) electrons. The SMILES string of the molecule is C=C(C)COc1cccc(CNCCNC(=O)c2ccncc2)c1. The molecule has 24 heavy (non-hydrogen) atoms. The van der Waals surface area contributed by atoms with E-state index in [4.69, 9.17) is 4.74 Å². The van der Waals surface area contributed by atoms with E-state index in [0.29, 0.717) is 25.3 Å². The number of carbonyl (C=O) groups is 1. The number of hydrogen-bond acceptors (Lipinski definition) is 4. The molecular formula is C19H23N3O2. The van der Waals surface area contributed by atoms with Crippen LogP contribution < -0.4 is 15.4 Å². The minimum absolute atomic E-state index is 0.0885. The average Bonchev–Trinajstić information content (AvgIpc) is 2.60. The molecule has 0 aliphatic heterocycles. The van der Waals surface area contributed by atoms with Crippen LogP contribution in [0, 0.1) is 0 Å². The topological polar surface area (TPSA) is 63.2 Å². The molecule has 2 aromatic rings. The predicted molar refractivity (Wildman–Crippen MR) is 95.0 cm³/mol. The van der Waals surface area contributed by atoms with Crippen molar-refractivity contribution >= 4 is 5.91 Å². The number of amides is 1. The third-order valence-corrected chi connectivity index (χ3v) is 3.24. The van der Waals surface area contributed by atoms with Crippen LogP contribution in [0.2, 0.25) is 0 Å². The summed E-state index contributed by atoms with van der Waals surface area (Å²) in [5, 5.41) is 6.17. The number of pyridine rings is 1. The minimum atomic E-state index is -0.0885. The smallest absolute Gasteiger partial charge is 0.251 e. The Kier molecular flexibility index (Phi) is 6.98. The van der Waals surface area contributed by atoms with Gasteiger partial charge < -0.3 is 15.4 Å². The fraction of sp³-hybridized carbons (Fsp3) is 0.263. The van der Waals surface area contributed by atoms with Crippen LogP contribution in [0.15, 0.2) is 60.9 Å². The third-order valence-electron chi connectivity index (χ3n) is 3.24. The van der Waals surface area contributed by atoms with Gasteiger partial charge in [-0.1, -0.05) is 18.7 Å². The highest BCUT2D eigenvalue weighted by Crippen LogP contribution is 2.13. The van der Waals surface area contributed by atoms with Gasteiger partial charge in [0.2, 0.25) is 0 Å². The van der Waals surface area contributed by atoms with Gasteiger partial charge in [0.25, 0.3) is 5.91 Å². The number of rotatable bonds is 9. The van der Waals surface area contributed by atoms with Crippen molar-refractivity contribution in [2.24, 2.45) is 0 Å². The lowest BCUT2D eigenvalue weighted by Gasteiger charge is -2.09. The molecule has 0 aliphatic rings. The zero-order valence-electron chi connectivity index (χ0n) is 13.9. The van der Waals surface area contributed by atoms with Gasteiger partial charge in [-0.15, -0.1) is 0 Å². The fourth-order valence-corrected chi connectivity index (χ4v) is 2.05. The van der Waals surface area contributed by atoms with Gasteiger partial charge in [-0.3, -0.25) is 9.78 Å². The molecule has 1 heterocycles. The number of aromatic nitrogens is 1. The molecule has 0 atom stereocenters. The Morgan fingerprint density at radius 1 is 1.21 bits per heavy atom. The summed E-state index contributed by atoms with van der Waals surface area (Å²) in [4.78, 5) is 15.8. The van der Waals surface area contributed by atoms with Crippen LogP contribution in [-0.4, -0.2) is 30.6 Å². The highest BCUT2D eigenvalue weighted by atomic mass is 16.5.